The zero-order chi connectivity index (χ0) is 13.5. The Morgan fingerprint density at radius 2 is 2.06 bits per heavy atom. The van der Waals surface area contributed by atoms with Crippen molar-refractivity contribution < 1.29 is 4.79 Å². The number of carbonyl (C=O) groups excluding carboxylic acids is 1. The Kier molecular flexibility index (Phi) is 5.72. The average Bonchev–Trinajstić information content (AvgIpc) is 2.34. The number of benzene rings is 1. The van der Waals surface area contributed by atoms with Gasteiger partial charge in [0.25, 0.3) is 0 Å². The largest absolute Gasteiger partial charge is 0.334 e. The van der Waals surface area contributed by atoms with Crippen LogP contribution in [0.2, 0.25) is 5.02 Å². The van der Waals surface area contributed by atoms with E-state index < -0.39 is 0 Å². The number of allylic oxidation sites excluding steroid dienone is 1. The monoisotopic (exact) mass is 266 g/mol. The highest BCUT2D eigenvalue weighted by Gasteiger charge is 2.02. The molecule has 0 aromatic heterocycles. The van der Waals surface area contributed by atoms with E-state index in [4.69, 9.17) is 11.6 Å². The number of carbonyl (C=O) groups is 1. The molecular formula is C14H19ClN2O. The summed E-state index contributed by atoms with van der Waals surface area (Å²) in [5, 5.41) is 6.11. The molecule has 0 heterocycles. The van der Waals surface area contributed by atoms with Gasteiger partial charge in [-0.05, 0) is 24.5 Å². The predicted molar refractivity (Wildman–Crippen MR) is 75.4 cm³/mol. The van der Waals surface area contributed by atoms with Crippen LogP contribution in [0.5, 0.6) is 0 Å². The van der Waals surface area contributed by atoms with Crippen LogP contribution in [0.1, 0.15) is 26.3 Å². The van der Waals surface area contributed by atoms with Crippen LogP contribution in [0.25, 0.3) is 0 Å². The number of halogens is 1. The van der Waals surface area contributed by atoms with Crippen LogP contribution in [0.15, 0.2) is 36.0 Å². The molecule has 0 bridgehead atoms. The summed E-state index contributed by atoms with van der Waals surface area (Å²) in [6, 6.07) is 7.22. The molecule has 0 aliphatic heterocycles. The topological polar surface area (TPSA) is 41.1 Å². The Balaban J connectivity index is 2.43. The van der Waals surface area contributed by atoms with Gasteiger partial charge < -0.3 is 10.6 Å². The smallest absolute Gasteiger partial charge is 0.319 e. The van der Waals surface area contributed by atoms with Crippen LogP contribution in [0, 0.1) is 5.92 Å². The fourth-order valence-electron chi connectivity index (χ4n) is 1.21. The van der Waals surface area contributed by atoms with E-state index in [9.17, 15) is 4.79 Å². The Bertz CT molecular complexity index is 441. The number of urea groups is 1. The van der Waals surface area contributed by atoms with Crippen molar-refractivity contribution in [1.82, 2.24) is 10.6 Å². The molecule has 0 saturated carbocycles. The lowest BCUT2D eigenvalue weighted by molar-refractivity contribution is 0.243. The predicted octanol–water partition coefficient (Wildman–Crippen LogP) is 3.70. The van der Waals surface area contributed by atoms with Crippen molar-refractivity contribution in [3.63, 3.8) is 0 Å². The van der Waals surface area contributed by atoms with Gasteiger partial charge in [0.15, 0.2) is 0 Å². The van der Waals surface area contributed by atoms with Gasteiger partial charge in [-0.1, -0.05) is 49.2 Å². The van der Waals surface area contributed by atoms with Crippen LogP contribution >= 0.6 is 11.6 Å². The number of hydrogen-bond acceptors (Lipinski definition) is 1. The van der Waals surface area contributed by atoms with Gasteiger partial charge in [0, 0.05) is 17.8 Å². The third-order valence-electron chi connectivity index (χ3n) is 2.74. The van der Waals surface area contributed by atoms with Crippen molar-refractivity contribution in [3.8, 4) is 0 Å². The summed E-state index contributed by atoms with van der Waals surface area (Å²) >= 11 is 5.99. The highest BCUT2D eigenvalue weighted by Crippen LogP contribution is 2.14. The quantitative estimate of drug-likeness (QED) is 0.857. The molecule has 2 amide bonds. The lowest BCUT2D eigenvalue weighted by Crippen LogP contribution is -2.32. The summed E-state index contributed by atoms with van der Waals surface area (Å²) in [5.74, 6) is 0.425. The van der Waals surface area contributed by atoms with Gasteiger partial charge in [-0.25, -0.2) is 4.79 Å². The molecule has 0 radical (unpaired) electrons. The van der Waals surface area contributed by atoms with Gasteiger partial charge in [0.1, 0.15) is 0 Å². The van der Waals surface area contributed by atoms with E-state index in [0.717, 1.165) is 11.1 Å². The zero-order valence-electron chi connectivity index (χ0n) is 11.0. The van der Waals surface area contributed by atoms with E-state index in [1.54, 1.807) is 12.3 Å². The minimum atomic E-state index is -0.227. The van der Waals surface area contributed by atoms with E-state index >= 15 is 0 Å². The number of hydrogen-bond donors (Lipinski definition) is 2. The normalized spacial score (nSPS) is 11.5. The molecule has 3 nitrogen and oxygen atoms in total. The Morgan fingerprint density at radius 1 is 1.39 bits per heavy atom. The third-order valence-corrected chi connectivity index (χ3v) is 3.11. The maximum atomic E-state index is 11.5. The Morgan fingerprint density at radius 3 is 2.67 bits per heavy atom. The maximum absolute atomic E-state index is 11.5. The summed E-state index contributed by atoms with van der Waals surface area (Å²) in [7, 11) is 0. The zero-order valence-corrected chi connectivity index (χ0v) is 11.7. The lowest BCUT2D eigenvalue weighted by atomic mass is 10.1. The molecular weight excluding hydrogens is 248 g/mol. The molecule has 18 heavy (non-hydrogen) atoms. The number of rotatable bonds is 4. The molecule has 0 fully saturated rings. The Labute approximate surface area is 113 Å². The minimum absolute atomic E-state index is 0.227. The van der Waals surface area contributed by atoms with Gasteiger partial charge in [0.05, 0.1) is 0 Å². The molecule has 4 heteroatoms. The summed E-state index contributed by atoms with van der Waals surface area (Å²) < 4.78 is 0. The van der Waals surface area contributed by atoms with Gasteiger partial charge >= 0.3 is 6.03 Å². The molecule has 0 unspecified atom stereocenters. The van der Waals surface area contributed by atoms with E-state index in [0.29, 0.717) is 17.5 Å². The second-order valence-corrected chi connectivity index (χ2v) is 4.87. The van der Waals surface area contributed by atoms with Gasteiger partial charge in [-0.15, -0.1) is 0 Å². The number of nitrogens with one attached hydrogen (secondary N) is 2. The lowest BCUT2D eigenvalue weighted by Gasteiger charge is -2.08. The fourth-order valence-corrected chi connectivity index (χ4v) is 1.42. The first-order chi connectivity index (χ1) is 8.50. The molecule has 98 valence electrons. The molecule has 0 saturated heterocycles. The van der Waals surface area contributed by atoms with E-state index in [2.05, 4.69) is 24.5 Å². The van der Waals surface area contributed by atoms with Gasteiger partial charge in [-0.3, -0.25) is 0 Å². The molecule has 0 atom stereocenters. The highest BCUT2D eigenvalue weighted by molar-refractivity contribution is 6.31. The summed E-state index contributed by atoms with van der Waals surface area (Å²) in [4.78, 5) is 11.5. The maximum Gasteiger partial charge on any atom is 0.319 e. The molecule has 0 spiro atoms. The third kappa shape index (κ3) is 4.80. The van der Waals surface area contributed by atoms with Gasteiger partial charge in [-0.2, -0.15) is 0 Å². The van der Waals surface area contributed by atoms with E-state index in [-0.39, 0.29) is 6.03 Å². The second-order valence-electron chi connectivity index (χ2n) is 4.46. The summed E-state index contributed by atoms with van der Waals surface area (Å²) in [6.07, 6.45) is 1.73. The highest BCUT2D eigenvalue weighted by atomic mass is 35.5. The first-order valence-electron chi connectivity index (χ1n) is 5.95. The molecule has 0 aliphatic carbocycles. The van der Waals surface area contributed by atoms with Gasteiger partial charge in [0.2, 0.25) is 0 Å². The van der Waals surface area contributed by atoms with Crippen molar-refractivity contribution in [1.29, 1.82) is 0 Å². The molecule has 1 aromatic carbocycles. The Hall–Kier alpha value is -1.48. The summed E-state index contributed by atoms with van der Waals surface area (Å²) in [5.41, 5.74) is 2.03. The molecule has 1 rings (SSSR count). The average molecular weight is 267 g/mol. The molecule has 2 N–H and O–H groups in total. The second kappa shape index (κ2) is 7.07. The minimum Gasteiger partial charge on any atom is -0.334 e. The first-order valence-corrected chi connectivity index (χ1v) is 6.33. The van der Waals surface area contributed by atoms with Crippen molar-refractivity contribution in [2.45, 2.75) is 27.3 Å². The van der Waals surface area contributed by atoms with Crippen LogP contribution in [0.3, 0.4) is 0 Å². The first kappa shape index (κ1) is 14.6. The van der Waals surface area contributed by atoms with Crippen molar-refractivity contribution in [2.24, 2.45) is 5.92 Å². The van der Waals surface area contributed by atoms with Crippen LogP contribution in [0.4, 0.5) is 4.79 Å². The van der Waals surface area contributed by atoms with Crippen LogP contribution in [-0.4, -0.2) is 6.03 Å². The fraction of sp³-hybridized carbons (Fsp3) is 0.357. The summed E-state index contributed by atoms with van der Waals surface area (Å²) in [6.45, 7) is 6.56. The van der Waals surface area contributed by atoms with E-state index in [1.165, 1.54) is 0 Å². The van der Waals surface area contributed by atoms with Crippen LogP contribution in [-0.2, 0) is 6.54 Å². The number of amides is 2. The van der Waals surface area contributed by atoms with Crippen molar-refractivity contribution in [3.05, 3.63) is 46.6 Å². The molecule has 1 aromatic rings. The van der Waals surface area contributed by atoms with Crippen molar-refractivity contribution >= 4 is 17.6 Å². The van der Waals surface area contributed by atoms with Crippen LogP contribution < -0.4 is 10.6 Å². The SMILES string of the molecule is C/C(=C\NC(=O)NCc1ccccc1Cl)C(C)C. The molecule has 0 aliphatic rings. The standard InChI is InChI=1S/C14H19ClN2O/c1-10(2)11(3)8-16-14(18)17-9-12-6-4-5-7-13(12)15/h4-8,10H,9H2,1-3H3,(H2,16,17,18)/b11-8+. The van der Waals surface area contributed by atoms with Crippen molar-refractivity contribution in [2.75, 3.05) is 0 Å². The van der Waals surface area contributed by atoms with E-state index in [1.807, 2.05) is 25.1 Å².